The molecule has 0 aromatic carbocycles. The van der Waals surface area contributed by atoms with Gasteiger partial charge in [-0.2, -0.15) is 0 Å². The van der Waals surface area contributed by atoms with Crippen molar-refractivity contribution in [3.8, 4) is 0 Å². The van der Waals surface area contributed by atoms with Gasteiger partial charge < -0.3 is 31.0 Å². The molecule has 0 aliphatic carbocycles. The summed E-state index contributed by atoms with van der Waals surface area (Å²) in [4.78, 5) is 10.00. The minimum absolute atomic E-state index is 0.0132. The molecule has 0 bridgehead atoms. The molecule has 0 heterocycles. The molecule has 0 radical (unpaired) electrons. The van der Waals surface area contributed by atoms with Gasteiger partial charge in [-0.1, -0.05) is 0 Å². The van der Waals surface area contributed by atoms with E-state index in [1.54, 1.807) is 0 Å². The van der Waals surface area contributed by atoms with E-state index >= 15 is 0 Å². The van der Waals surface area contributed by atoms with E-state index in [2.05, 4.69) is 0 Å². The van der Waals surface area contributed by atoms with Gasteiger partial charge in [-0.15, -0.1) is 0 Å². The van der Waals surface area contributed by atoms with E-state index < -0.39 is 30.7 Å². The maximum absolute atomic E-state index is 13.0. The number of alkyl halides is 1. The number of nitrogens with two attached hydrogens (primary N) is 1. The zero-order chi connectivity index (χ0) is 10.6. The molecule has 13 heavy (non-hydrogen) atoms. The number of halogens is 1. The molecule has 0 aromatic heterocycles. The first-order chi connectivity index (χ1) is 5.87. The minimum Gasteiger partial charge on any atom is -0.393 e. The Morgan fingerprint density at radius 1 is 1.54 bits per heavy atom. The SMILES string of the molecule is N[C@@H](C=O)[C@@H](O)[C@@](O)(F)[C@H](O)CO. The molecule has 0 aromatic rings. The molecule has 78 valence electrons. The molecule has 0 unspecified atom stereocenters. The van der Waals surface area contributed by atoms with Gasteiger partial charge in [0, 0.05) is 0 Å². The number of aliphatic hydroxyl groups is 4. The van der Waals surface area contributed by atoms with Crippen LogP contribution in [0.25, 0.3) is 0 Å². The van der Waals surface area contributed by atoms with Gasteiger partial charge in [0.15, 0.2) is 0 Å². The summed E-state index contributed by atoms with van der Waals surface area (Å²) in [5.74, 6) is -3.50. The van der Waals surface area contributed by atoms with Crippen molar-refractivity contribution in [2.24, 2.45) is 5.73 Å². The minimum atomic E-state index is -3.50. The Balaban J connectivity index is 4.51. The molecule has 6 nitrogen and oxygen atoms in total. The fourth-order valence-corrected chi connectivity index (χ4v) is 0.669. The first kappa shape index (κ1) is 12.4. The number of hydrogen-bond acceptors (Lipinski definition) is 6. The van der Waals surface area contributed by atoms with Crippen LogP contribution in [0.2, 0.25) is 0 Å². The first-order valence-electron chi connectivity index (χ1n) is 3.47. The molecule has 0 aliphatic heterocycles. The first-order valence-corrected chi connectivity index (χ1v) is 3.47. The second-order valence-corrected chi connectivity index (χ2v) is 2.58. The third kappa shape index (κ3) is 2.68. The highest BCUT2D eigenvalue weighted by Crippen LogP contribution is 2.19. The van der Waals surface area contributed by atoms with Gasteiger partial charge in [-0.25, -0.2) is 4.39 Å². The maximum Gasteiger partial charge on any atom is 0.263 e. The average Bonchev–Trinajstić information content (AvgIpc) is 2.13. The third-order valence-electron chi connectivity index (χ3n) is 1.58. The fourth-order valence-electron chi connectivity index (χ4n) is 0.669. The lowest BCUT2D eigenvalue weighted by Crippen LogP contribution is -2.57. The second-order valence-electron chi connectivity index (χ2n) is 2.58. The van der Waals surface area contributed by atoms with E-state index in [1.165, 1.54) is 0 Å². The van der Waals surface area contributed by atoms with Crippen LogP contribution >= 0.6 is 0 Å². The summed E-state index contributed by atoms with van der Waals surface area (Å²) >= 11 is 0. The molecule has 0 spiro atoms. The van der Waals surface area contributed by atoms with Gasteiger partial charge in [0.2, 0.25) is 0 Å². The summed E-state index contributed by atoms with van der Waals surface area (Å²) in [5, 5.41) is 34.7. The van der Waals surface area contributed by atoms with Crippen LogP contribution in [0.5, 0.6) is 0 Å². The van der Waals surface area contributed by atoms with Crippen molar-refractivity contribution in [1.29, 1.82) is 0 Å². The quantitative estimate of drug-likeness (QED) is 0.297. The van der Waals surface area contributed by atoms with Crippen LogP contribution in [0.1, 0.15) is 0 Å². The summed E-state index contributed by atoms with van der Waals surface area (Å²) in [6.07, 6.45) is -4.49. The number of carbonyl (C=O) groups excluding carboxylic acids is 1. The lowest BCUT2D eigenvalue weighted by molar-refractivity contribution is -0.236. The van der Waals surface area contributed by atoms with Gasteiger partial charge in [0.1, 0.15) is 18.5 Å². The summed E-state index contributed by atoms with van der Waals surface area (Å²) in [6, 6.07) is -1.67. The molecule has 0 aliphatic rings. The average molecular weight is 197 g/mol. The third-order valence-corrected chi connectivity index (χ3v) is 1.58. The van der Waals surface area contributed by atoms with Gasteiger partial charge >= 0.3 is 0 Å². The number of rotatable bonds is 5. The molecule has 6 N–H and O–H groups in total. The summed E-state index contributed by atoms with van der Waals surface area (Å²) < 4.78 is 13.0. The fraction of sp³-hybridized carbons (Fsp3) is 0.833. The van der Waals surface area contributed by atoms with Gasteiger partial charge in [0.25, 0.3) is 5.85 Å². The Hall–Kier alpha value is -0.600. The predicted octanol–water partition coefficient (Wildman–Crippen LogP) is -3.12. The lowest BCUT2D eigenvalue weighted by atomic mass is 10.0. The van der Waals surface area contributed by atoms with Crippen molar-refractivity contribution in [2.45, 2.75) is 24.1 Å². The Morgan fingerprint density at radius 2 is 2.00 bits per heavy atom. The Kier molecular flexibility index (Phi) is 4.37. The largest absolute Gasteiger partial charge is 0.393 e. The highest BCUT2D eigenvalue weighted by atomic mass is 19.2. The molecule has 0 fully saturated rings. The van der Waals surface area contributed by atoms with Crippen molar-refractivity contribution >= 4 is 6.29 Å². The Morgan fingerprint density at radius 3 is 2.31 bits per heavy atom. The van der Waals surface area contributed by atoms with E-state index in [0.29, 0.717) is 0 Å². The standard InChI is InChI=1S/C6H12FNO5/c7-6(13,4(11)2-10)5(12)3(8)1-9/h1,3-5,10-13H,2,8H2/t3-,4+,5+,6+/m0/s1. The highest BCUT2D eigenvalue weighted by molar-refractivity contribution is 5.58. The summed E-state index contributed by atoms with van der Waals surface area (Å²) in [5.41, 5.74) is 4.88. The van der Waals surface area contributed by atoms with Gasteiger partial charge in [-0.3, -0.25) is 0 Å². The second kappa shape index (κ2) is 4.58. The molecule has 0 saturated carbocycles. The molecule has 7 heteroatoms. The summed E-state index contributed by atoms with van der Waals surface area (Å²) in [6.45, 7) is -1.10. The molecular formula is C6H12FNO5. The zero-order valence-corrected chi connectivity index (χ0v) is 6.67. The normalized spacial score (nSPS) is 22.9. The van der Waals surface area contributed by atoms with Crippen LogP contribution < -0.4 is 5.73 Å². The van der Waals surface area contributed by atoms with Crippen molar-refractivity contribution in [3.05, 3.63) is 0 Å². The van der Waals surface area contributed by atoms with Gasteiger partial charge in [-0.05, 0) is 0 Å². The van der Waals surface area contributed by atoms with E-state index in [-0.39, 0.29) is 6.29 Å². The van der Waals surface area contributed by atoms with E-state index in [1.807, 2.05) is 0 Å². The predicted molar refractivity (Wildman–Crippen MR) is 39.2 cm³/mol. The van der Waals surface area contributed by atoms with Crippen LogP contribution in [0, 0.1) is 0 Å². The zero-order valence-electron chi connectivity index (χ0n) is 6.67. The van der Waals surface area contributed by atoms with Crippen LogP contribution in [0.4, 0.5) is 4.39 Å². The number of aldehydes is 1. The monoisotopic (exact) mass is 197 g/mol. The van der Waals surface area contributed by atoms with Crippen molar-refractivity contribution in [1.82, 2.24) is 0 Å². The summed E-state index contributed by atoms with van der Waals surface area (Å²) in [7, 11) is 0. The van der Waals surface area contributed by atoms with Crippen molar-refractivity contribution in [2.75, 3.05) is 6.61 Å². The van der Waals surface area contributed by atoms with Crippen LogP contribution in [-0.2, 0) is 4.79 Å². The van der Waals surface area contributed by atoms with Crippen LogP contribution in [-0.4, -0.2) is 57.4 Å². The van der Waals surface area contributed by atoms with Crippen LogP contribution in [0.3, 0.4) is 0 Å². The Labute approximate surface area is 73.4 Å². The topological polar surface area (TPSA) is 124 Å². The molecular weight excluding hydrogens is 185 g/mol. The van der Waals surface area contributed by atoms with E-state index in [0.717, 1.165) is 0 Å². The smallest absolute Gasteiger partial charge is 0.263 e. The number of carbonyl (C=O) groups is 1. The highest BCUT2D eigenvalue weighted by Gasteiger charge is 2.45. The van der Waals surface area contributed by atoms with Crippen molar-refractivity contribution in [3.63, 3.8) is 0 Å². The molecule has 0 amide bonds. The Bertz CT molecular complexity index is 176. The van der Waals surface area contributed by atoms with Gasteiger partial charge in [0.05, 0.1) is 12.6 Å². The van der Waals surface area contributed by atoms with Crippen LogP contribution in [0.15, 0.2) is 0 Å². The van der Waals surface area contributed by atoms with E-state index in [9.17, 15) is 9.18 Å². The number of aliphatic hydroxyl groups excluding tert-OH is 3. The molecule has 0 rings (SSSR count). The number of hydrogen-bond donors (Lipinski definition) is 5. The molecule has 0 saturated heterocycles. The lowest BCUT2D eigenvalue weighted by Gasteiger charge is -2.29. The maximum atomic E-state index is 13.0. The van der Waals surface area contributed by atoms with Crippen molar-refractivity contribution < 1.29 is 29.6 Å². The molecule has 4 atom stereocenters. The van der Waals surface area contributed by atoms with E-state index in [4.69, 9.17) is 26.2 Å².